The Labute approximate surface area is 225 Å². The molecule has 1 aromatic heterocycles. The number of hydrogen-bond acceptors (Lipinski definition) is 9. The number of aromatic nitrogens is 1. The number of hydrogen-bond donors (Lipinski definition) is 1. The zero-order valence-corrected chi connectivity index (χ0v) is 21.7. The van der Waals surface area contributed by atoms with Gasteiger partial charge in [0.2, 0.25) is 11.6 Å². The van der Waals surface area contributed by atoms with Crippen LogP contribution in [0.5, 0.6) is 17.2 Å². The zero-order valence-electron chi connectivity index (χ0n) is 20.8. The van der Waals surface area contributed by atoms with Gasteiger partial charge in [0.1, 0.15) is 5.75 Å². The molecule has 0 unspecified atom stereocenters. The van der Waals surface area contributed by atoms with Crippen LogP contribution in [0.25, 0.3) is 11.3 Å². The number of nitrogens with zero attached hydrogens (tertiary/aromatic N) is 4. The van der Waals surface area contributed by atoms with Gasteiger partial charge in [0.25, 0.3) is 11.6 Å². The van der Waals surface area contributed by atoms with Gasteiger partial charge < -0.3 is 19.5 Å². The lowest BCUT2D eigenvalue weighted by Gasteiger charge is -2.18. The quantitative estimate of drug-likeness (QED) is 0.216. The van der Waals surface area contributed by atoms with Crippen molar-refractivity contribution in [2.75, 3.05) is 18.7 Å². The van der Waals surface area contributed by atoms with Crippen LogP contribution < -0.4 is 24.3 Å². The Bertz CT molecular complexity index is 1760. The fourth-order valence-electron chi connectivity index (χ4n) is 4.22. The lowest BCUT2D eigenvalue weighted by Crippen LogP contribution is -2.25. The maximum Gasteiger partial charge on any atom is 0.282 e. The molecule has 39 heavy (non-hydrogen) atoms. The molecule has 12 heteroatoms. The fourth-order valence-corrected chi connectivity index (χ4v) is 5.07. The molecular weight excluding hydrogens is 522 g/mol. The van der Waals surface area contributed by atoms with Crippen LogP contribution in [0.4, 0.5) is 17.1 Å². The number of thiazole rings is 1. The molecule has 0 aliphatic carbocycles. The number of carbonyl (C=O) groups excluding carboxylic acids is 1. The number of ether oxygens (including phenoxy) is 3. The summed E-state index contributed by atoms with van der Waals surface area (Å²) < 4.78 is 17.8. The van der Waals surface area contributed by atoms with E-state index in [9.17, 15) is 14.9 Å². The van der Waals surface area contributed by atoms with Gasteiger partial charge in [-0.05, 0) is 55.3 Å². The average Bonchev–Trinajstić information content (AvgIpc) is 3.55. The van der Waals surface area contributed by atoms with Crippen LogP contribution in [0.1, 0.15) is 16.7 Å². The van der Waals surface area contributed by atoms with E-state index in [1.807, 2.05) is 43.5 Å². The van der Waals surface area contributed by atoms with Crippen LogP contribution in [0, 0.1) is 24.0 Å². The number of aryl methyl sites for hydroxylation is 1. The van der Waals surface area contributed by atoms with E-state index in [-0.39, 0.29) is 30.6 Å². The van der Waals surface area contributed by atoms with Crippen LogP contribution >= 0.6 is 11.3 Å². The molecule has 196 valence electrons. The highest BCUT2D eigenvalue weighted by Crippen LogP contribution is 2.37. The smallest absolute Gasteiger partial charge is 0.282 e. The molecule has 0 spiro atoms. The maximum absolute atomic E-state index is 11.9. The summed E-state index contributed by atoms with van der Waals surface area (Å²) in [6.07, 6.45) is 1.40. The van der Waals surface area contributed by atoms with Gasteiger partial charge in [-0.1, -0.05) is 12.1 Å². The van der Waals surface area contributed by atoms with Crippen molar-refractivity contribution in [1.82, 2.24) is 4.68 Å². The third-order valence-electron chi connectivity index (χ3n) is 6.42. The Kier molecular flexibility index (Phi) is 6.08. The second kappa shape index (κ2) is 9.72. The second-order valence-electron chi connectivity index (χ2n) is 8.86. The monoisotopic (exact) mass is 543 g/mol. The molecule has 6 rings (SSSR count). The van der Waals surface area contributed by atoms with E-state index in [0.717, 1.165) is 22.4 Å². The predicted molar refractivity (Wildman–Crippen MR) is 145 cm³/mol. The summed E-state index contributed by atoms with van der Waals surface area (Å²) in [6.45, 7) is 3.97. The highest BCUT2D eigenvalue weighted by atomic mass is 32.1. The van der Waals surface area contributed by atoms with Gasteiger partial charge in [-0.2, -0.15) is 5.10 Å². The molecule has 0 fully saturated rings. The largest absolute Gasteiger partial charge is 0.482 e. The van der Waals surface area contributed by atoms with Gasteiger partial charge in [-0.25, -0.2) is 9.67 Å². The summed E-state index contributed by atoms with van der Waals surface area (Å²) in [6, 6.07) is 14.2. The molecule has 0 saturated heterocycles. The number of nitrogens with one attached hydrogen (secondary N) is 1. The van der Waals surface area contributed by atoms with Crippen LogP contribution in [0.3, 0.4) is 0 Å². The summed E-state index contributed by atoms with van der Waals surface area (Å²) in [5, 5.41) is 21.1. The van der Waals surface area contributed by atoms with E-state index in [2.05, 4.69) is 10.4 Å². The van der Waals surface area contributed by atoms with Gasteiger partial charge in [0.05, 0.1) is 39.8 Å². The van der Waals surface area contributed by atoms with E-state index in [0.29, 0.717) is 33.4 Å². The maximum atomic E-state index is 11.9. The Morgan fingerprint density at radius 1 is 1.08 bits per heavy atom. The molecule has 0 radical (unpaired) electrons. The van der Waals surface area contributed by atoms with Gasteiger partial charge in [0.15, 0.2) is 18.1 Å². The van der Waals surface area contributed by atoms with Gasteiger partial charge in [-0.3, -0.25) is 14.9 Å². The number of carbonyl (C=O) groups is 1. The van der Waals surface area contributed by atoms with E-state index in [1.165, 1.54) is 29.7 Å². The Morgan fingerprint density at radius 3 is 2.72 bits per heavy atom. The number of rotatable bonds is 5. The summed E-state index contributed by atoms with van der Waals surface area (Å²) in [5.74, 6) is 1.05. The Hall–Kier alpha value is -4.97. The summed E-state index contributed by atoms with van der Waals surface area (Å²) in [4.78, 5) is 28.6. The standard InChI is InChI=1S/C27H21N5O6S/c1-15-4-3-5-19(16(15)2)30-27-31(28-11-18-9-24-25(38-14-37-24)10-21(18)32(34)35)22(13-39-27)17-6-7-23-20(8-17)29-26(33)12-36-23/h3-11,13H,12,14H2,1-2H3,(H,29,33). The number of nitro groups is 1. The number of fused-ring (bicyclic) bond motifs is 2. The topological polar surface area (TPSA) is 130 Å². The second-order valence-corrected chi connectivity index (χ2v) is 9.70. The van der Waals surface area contributed by atoms with Crippen molar-refractivity contribution in [3.05, 3.63) is 85.5 Å². The third kappa shape index (κ3) is 4.61. The molecule has 3 heterocycles. The fraction of sp³-hybridized carbons (Fsp3) is 0.148. The molecule has 0 saturated carbocycles. The summed E-state index contributed by atoms with van der Waals surface area (Å²) in [7, 11) is 0. The first-order valence-corrected chi connectivity index (χ1v) is 12.8. The third-order valence-corrected chi connectivity index (χ3v) is 7.23. The Balaban J connectivity index is 1.51. The highest BCUT2D eigenvalue weighted by Gasteiger charge is 2.23. The first kappa shape index (κ1) is 24.4. The zero-order chi connectivity index (χ0) is 27.1. The van der Waals surface area contributed by atoms with Gasteiger partial charge in [0, 0.05) is 10.9 Å². The van der Waals surface area contributed by atoms with Crippen molar-refractivity contribution in [2.24, 2.45) is 10.1 Å². The van der Waals surface area contributed by atoms with Crippen molar-refractivity contribution < 1.29 is 23.9 Å². The molecule has 3 aromatic carbocycles. The van der Waals surface area contributed by atoms with Crippen molar-refractivity contribution in [2.45, 2.75) is 13.8 Å². The van der Waals surface area contributed by atoms with Crippen LogP contribution in [0.2, 0.25) is 0 Å². The van der Waals surface area contributed by atoms with Crippen molar-refractivity contribution in [3.63, 3.8) is 0 Å². The van der Waals surface area contributed by atoms with Crippen molar-refractivity contribution in [1.29, 1.82) is 0 Å². The summed E-state index contributed by atoms with van der Waals surface area (Å²) in [5.41, 5.74) is 4.96. The molecule has 4 aromatic rings. The van der Waals surface area contributed by atoms with E-state index >= 15 is 0 Å². The van der Waals surface area contributed by atoms with Crippen molar-refractivity contribution in [3.8, 4) is 28.5 Å². The van der Waals surface area contributed by atoms with Gasteiger partial charge in [-0.15, -0.1) is 11.3 Å². The van der Waals surface area contributed by atoms with E-state index in [1.54, 1.807) is 16.8 Å². The minimum Gasteiger partial charge on any atom is -0.482 e. The number of anilines is 1. The SMILES string of the molecule is Cc1cccc(N=c2scc(-c3ccc4c(c3)NC(=O)CO4)n2N=Cc2cc3c(cc2[N+](=O)[O-])OCO3)c1C. The number of amides is 1. The molecular formula is C27H21N5O6S. The molecule has 0 bridgehead atoms. The lowest BCUT2D eigenvalue weighted by molar-refractivity contribution is -0.385. The predicted octanol–water partition coefficient (Wildman–Crippen LogP) is 4.92. The van der Waals surface area contributed by atoms with Crippen molar-refractivity contribution >= 4 is 40.5 Å². The minimum absolute atomic E-state index is 0.00599. The average molecular weight is 544 g/mol. The molecule has 2 aliphatic heterocycles. The lowest BCUT2D eigenvalue weighted by atomic mass is 10.1. The first-order chi connectivity index (χ1) is 18.9. The molecule has 0 atom stereocenters. The Morgan fingerprint density at radius 2 is 1.90 bits per heavy atom. The van der Waals surface area contributed by atoms with E-state index < -0.39 is 4.92 Å². The molecule has 1 amide bonds. The van der Waals surface area contributed by atoms with Crippen LogP contribution in [-0.4, -0.2) is 35.1 Å². The van der Waals surface area contributed by atoms with Gasteiger partial charge >= 0.3 is 0 Å². The minimum atomic E-state index is -0.490. The molecule has 1 N–H and O–H groups in total. The van der Waals surface area contributed by atoms with Crippen LogP contribution in [-0.2, 0) is 4.79 Å². The first-order valence-electron chi connectivity index (χ1n) is 11.9. The van der Waals surface area contributed by atoms with Crippen LogP contribution in [0.15, 0.2) is 64.0 Å². The summed E-state index contributed by atoms with van der Waals surface area (Å²) >= 11 is 1.37. The molecule has 2 aliphatic rings. The highest BCUT2D eigenvalue weighted by molar-refractivity contribution is 7.07. The number of nitro benzene ring substituents is 1. The normalized spacial score (nSPS) is 14.3. The van der Waals surface area contributed by atoms with E-state index in [4.69, 9.17) is 19.2 Å². The number of benzene rings is 3. The molecule has 11 nitrogen and oxygen atoms in total.